The fraction of sp³-hybridized carbons (Fsp3) is 0.943. The topological polar surface area (TPSA) is 237 Å². The van der Waals surface area contributed by atoms with Crippen molar-refractivity contribution in [3.05, 3.63) is 0 Å². The lowest BCUT2D eigenvalue weighted by Crippen LogP contribution is -2.30. The molecule has 0 saturated heterocycles. The van der Waals surface area contributed by atoms with Crippen LogP contribution < -0.4 is 0 Å². The third-order valence-corrected chi connectivity index (χ3v) is 18.2. The molecule has 0 heterocycles. The van der Waals surface area contributed by atoms with Gasteiger partial charge in [-0.2, -0.15) is 0 Å². The number of carbonyl (C=O) groups excluding carboxylic acids is 4. The van der Waals surface area contributed by atoms with E-state index in [-0.39, 0.29) is 25.7 Å². The lowest BCUT2D eigenvalue weighted by atomic mass is 10.0. The molecule has 0 aliphatic rings. The van der Waals surface area contributed by atoms with Crippen LogP contribution >= 0.6 is 15.6 Å². The van der Waals surface area contributed by atoms with Crippen LogP contribution in [0, 0.1) is 5.92 Å². The molecular formula is C70H136O17P2. The first-order valence-electron chi connectivity index (χ1n) is 36.6. The van der Waals surface area contributed by atoms with Crippen molar-refractivity contribution in [3.8, 4) is 0 Å². The van der Waals surface area contributed by atoms with Crippen molar-refractivity contribution in [3.63, 3.8) is 0 Å². The van der Waals surface area contributed by atoms with Gasteiger partial charge < -0.3 is 33.8 Å². The van der Waals surface area contributed by atoms with Crippen molar-refractivity contribution in [2.75, 3.05) is 39.6 Å². The maximum Gasteiger partial charge on any atom is 0.472 e. The quantitative estimate of drug-likeness (QED) is 0.0222. The third-order valence-electron chi connectivity index (χ3n) is 16.3. The molecule has 0 bridgehead atoms. The number of aliphatic hydroxyl groups excluding tert-OH is 1. The molecule has 2 unspecified atom stereocenters. The number of phosphoric ester groups is 2. The number of rotatable bonds is 70. The van der Waals surface area contributed by atoms with Gasteiger partial charge in [0.2, 0.25) is 0 Å². The molecule has 0 aromatic heterocycles. The van der Waals surface area contributed by atoms with Crippen LogP contribution in [-0.2, 0) is 65.4 Å². The third kappa shape index (κ3) is 64.6. The van der Waals surface area contributed by atoms with E-state index in [0.29, 0.717) is 31.6 Å². The van der Waals surface area contributed by atoms with E-state index in [0.717, 1.165) is 96.3 Å². The Morgan fingerprint density at radius 2 is 0.517 bits per heavy atom. The van der Waals surface area contributed by atoms with Gasteiger partial charge in [-0.25, -0.2) is 9.13 Å². The zero-order valence-electron chi connectivity index (χ0n) is 57.6. The minimum absolute atomic E-state index is 0.107. The Bertz CT molecular complexity index is 1720. The van der Waals surface area contributed by atoms with Crippen molar-refractivity contribution in [2.24, 2.45) is 5.92 Å². The molecule has 89 heavy (non-hydrogen) atoms. The molecule has 19 heteroatoms. The monoisotopic (exact) mass is 1310 g/mol. The van der Waals surface area contributed by atoms with Gasteiger partial charge in [0, 0.05) is 25.7 Å². The Morgan fingerprint density at radius 3 is 0.764 bits per heavy atom. The summed E-state index contributed by atoms with van der Waals surface area (Å²) in [5.74, 6) is -1.44. The van der Waals surface area contributed by atoms with E-state index in [1.807, 2.05) is 0 Å². The lowest BCUT2D eigenvalue weighted by Gasteiger charge is -2.21. The summed E-state index contributed by atoms with van der Waals surface area (Å²) >= 11 is 0. The van der Waals surface area contributed by atoms with Crippen LogP contribution in [-0.4, -0.2) is 96.7 Å². The van der Waals surface area contributed by atoms with Gasteiger partial charge in [0.05, 0.1) is 26.4 Å². The van der Waals surface area contributed by atoms with E-state index in [1.165, 1.54) is 180 Å². The van der Waals surface area contributed by atoms with Gasteiger partial charge in [-0.3, -0.25) is 37.3 Å². The molecule has 0 aromatic carbocycles. The first-order chi connectivity index (χ1) is 43.0. The molecular weight excluding hydrogens is 1170 g/mol. The highest BCUT2D eigenvalue weighted by Gasteiger charge is 2.30. The van der Waals surface area contributed by atoms with Crippen molar-refractivity contribution >= 4 is 39.5 Å². The zero-order valence-corrected chi connectivity index (χ0v) is 59.4. The number of esters is 4. The Kier molecular flexibility index (Phi) is 62.1. The summed E-state index contributed by atoms with van der Waals surface area (Å²) in [6.45, 7) is 7.17. The average Bonchev–Trinajstić information content (AvgIpc) is 3.53. The molecule has 0 saturated carbocycles. The summed E-state index contributed by atoms with van der Waals surface area (Å²) in [6, 6.07) is 0. The van der Waals surface area contributed by atoms with Crippen LogP contribution in [0.2, 0.25) is 0 Å². The fourth-order valence-electron chi connectivity index (χ4n) is 10.6. The van der Waals surface area contributed by atoms with E-state index < -0.39 is 97.5 Å². The predicted molar refractivity (Wildman–Crippen MR) is 358 cm³/mol. The second-order valence-corrected chi connectivity index (χ2v) is 28.7. The molecule has 528 valence electrons. The SMILES string of the molecule is CCCCCCCCCCCCCCCCCC(=O)O[C@H](COC(=O)CCCCCCCCCCCCCCC)COP(=O)(O)OC[C@@H](O)COP(=O)(O)OC[C@@H](COC(=O)CCCCCCCCC(C)C)OC(=O)CCCCCCCCCCCCCC. The number of phosphoric acid groups is 2. The largest absolute Gasteiger partial charge is 0.472 e. The van der Waals surface area contributed by atoms with Crippen molar-refractivity contribution in [2.45, 2.75) is 380 Å². The van der Waals surface area contributed by atoms with Crippen LogP contribution in [0.15, 0.2) is 0 Å². The summed E-state index contributed by atoms with van der Waals surface area (Å²) in [6.07, 6.45) is 49.9. The fourth-order valence-corrected chi connectivity index (χ4v) is 12.2. The number of ether oxygens (including phenoxy) is 4. The standard InChI is InChI=1S/C70H136O17P2/c1-6-9-12-15-18-21-24-27-28-30-33-36-39-46-51-56-70(75)86-65(59-80-67(72)53-48-43-37-34-32-29-25-22-19-16-13-10-7-2)61-84-88(76,77)82-57-64(71)58-83-89(78,79)85-62-66(60-81-68(73)54-49-44-41-40-42-47-52-63(4)5)87-69(74)55-50-45-38-35-31-26-23-20-17-14-11-8-3/h63-66,71H,6-62H2,1-5H3,(H,76,77)(H,78,79)/t64-,65-,66-/m1/s1. The second-order valence-electron chi connectivity index (χ2n) is 25.7. The average molecular weight is 1310 g/mol. The van der Waals surface area contributed by atoms with Crippen LogP contribution in [0.4, 0.5) is 0 Å². The van der Waals surface area contributed by atoms with Crippen LogP contribution in [0.3, 0.4) is 0 Å². The maximum absolute atomic E-state index is 13.0. The Balaban J connectivity index is 5.24. The number of hydrogen-bond donors (Lipinski definition) is 3. The summed E-state index contributed by atoms with van der Waals surface area (Å²) in [5, 5.41) is 10.6. The maximum atomic E-state index is 13.0. The molecule has 3 N–H and O–H groups in total. The lowest BCUT2D eigenvalue weighted by molar-refractivity contribution is -0.161. The Labute approximate surface area is 543 Å². The molecule has 17 nitrogen and oxygen atoms in total. The van der Waals surface area contributed by atoms with Crippen molar-refractivity contribution in [1.82, 2.24) is 0 Å². The molecule has 0 spiro atoms. The normalized spacial score (nSPS) is 14.1. The molecule has 0 aromatic rings. The van der Waals surface area contributed by atoms with E-state index in [2.05, 4.69) is 34.6 Å². The minimum atomic E-state index is -4.95. The van der Waals surface area contributed by atoms with Gasteiger partial charge >= 0.3 is 39.5 Å². The summed E-state index contributed by atoms with van der Waals surface area (Å²) in [5.41, 5.74) is 0. The number of hydrogen-bond acceptors (Lipinski definition) is 15. The summed E-state index contributed by atoms with van der Waals surface area (Å²) < 4.78 is 68.3. The van der Waals surface area contributed by atoms with Crippen molar-refractivity contribution < 1.29 is 80.2 Å². The van der Waals surface area contributed by atoms with Gasteiger partial charge in [-0.1, -0.05) is 311 Å². The highest BCUT2D eigenvalue weighted by Crippen LogP contribution is 2.45. The van der Waals surface area contributed by atoms with E-state index in [9.17, 15) is 43.2 Å². The van der Waals surface area contributed by atoms with Gasteiger partial charge in [-0.15, -0.1) is 0 Å². The van der Waals surface area contributed by atoms with Gasteiger partial charge in [0.15, 0.2) is 12.2 Å². The molecule has 5 atom stereocenters. The highest BCUT2D eigenvalue weighted by atomic mass is 31.2. The molecule has 0 aliphatic carbocycles. The van der Waals surface area contributed by atoms with E-state index >= 15 is 0 Å². The number of aliphatic hydroxyl groups is 1. The second kappa shape index (κ2) is 63.5. The molecule has 0 aliphatic heterocycles. The van der Waals surface area contributed by atoms with Crippen LogP contribution in [0.5, 0.6) is 0 Å². The number of unbranched alkanes of at least 4 members (excludes halogenated alkanes) is 42. The smallest absolute Gasteiger partial charge is 0.462 e. The molecule has 0 radical (unpaired) electrons. The zero-order chi connectivity index (χ0) is 65.6. The van der Waals surface area contributed by atoms with E-state index in [1.54, 1.807) is 0 Å². The molecule has 0 fully saturated rings. The van der Waals surface area contributed by atoms with E-state index in [4.69, 9.17) is 37.0 Å². The van der Waals surface area contributed by atoms with Crippen molar-refractivity contribution in [1.29, 1.82) is 0 Å². The highest BCUT2D eigenvalue weighted by molar-refractivity contribution is 7.47. The first-order valence-corrected chi connectivity index (χ1v) is 39.6. The van der Waals surface area contributed by atoms with Gasteiger partial charge in [0.25, 0.3) is 0 Å². The molecule has 0 amide bonds. The number of carbonyl (C=O) groups is 4. The minimum Gasteiger partial charge on any atom is -0.462 e. The molecule has 0 rings (SSSR count). The van der Waals surface area contributed by atoms with Crippen LogP contribution in [0.1, 0.15) is 362 Å². The van der Waals surface area contributed by atoms with Gasteiger partial charge in [0.1, 0.15) is 19.3 Å². The Hall–Kier alpha value is -1.94. The summed E-state index contributed by atoms with van der Waals surface area (Å²) in [4.78, 5) is 72.5. The van der Waals surface area contributed by atoms with Gasteiger partial charge in [-0.05, 0) is 31.6 Å². The first kappa shape index (κ1) is 87.1. The predicted octanol–water partition coefficient (Wildman–Crippen LogP) is 20.1. The van der Waals surface area contributed by atoms with Crippen LogP contribution in [0.25, 0.3) is 0 Å². The Morgan fingerprint density at radius 1 is 0.303 bits per heavy atom. The summed E-state index contributed by atoms with van der Waals surface area (Å²) in [7, 11) is -9.90.